The Morgan fingerprint density at radius 1 is 0.872 bits per heavy atom. The maximum absolute atomic E-state index is 5.69. The molecule has 0 bridgehead atoms. The molecule has 216 valence electrons. The molecule has 2 aromatic heterocycles. The maximum atomic E-state index is 5.69. The Bertz CT molecular complexity index is 1200. The molecule has 0 atom stereocenters. The summed E-state index contributed by atoms with van der Waals surface area (Å²) in [6.07, 6.45) is 4.80. The predicted octanol–water partition coefficient (Wildman–Crippen LogP) is 4.81. The third-order valence-electron chi connectivity index (χ3n) is 6.81. The Morgan fingerprint density at radius 2 is 1.62 bits per heavy atom. The summed E-state index contributed by atoms with van der Waals surface area (Å²) in [6.45, 7) is 9.39. The van der Waals surface area contributed by atoms with Crippen molar-refractivity contribution in [1.29, 1.82) is 0 Å². The monoisotopic (exact) mass is 638 g/mol. The van der Waals surface area contributed by atoms with Crippen LogP contribution < -0.4 is 30.5 Å². The van der Waals surface area contributed by atoms with Crippen LogP contribution in [0.5, 0.6) is 5.88 Å². The third-order valence-corrected chi connectivity index (χ3v) is 6.81. The van der Waals surface area contributed by atoms with Crippen molar-refractivity contribution in [1.82, 2.24) is 20.3 Å². The molecule has 3 N–H and O–H groups in total. The Labute approximate surface area is 260 Å². The molecule has 3 aromatic rings. The van der Waals surface area contributed by atoms with E-state index in [1.54, 1.807) is 0 Å². The van der Waals surface area contributed by atoms with Crippen molar-refractivity contribution >= 4 is 90.7 Å². The first-order valence-electron chi connectivity index (χ1n) is 12.0. The summed E-state index contributed by atoms with van der Waals surface area (Å²) >= 11 is 0. The van der Waals surface area contributed by atoms with Crippen LogP contribution in [0.25, 0.3) is 0 Å². The van der Waals surface area contributed by atoms with Gasteiger partial charge in [-0.3, -0.25) is 0 Å². The Kier molecular flexibility index (Phi) is 14.0. The molecule has 1 aromatic carbocycles. The molecule has 0 amide bonds. The van der Waals surface area contributed by atoms with E-state index in [1.165, 1.54) is 16.8 Å². The standard InChI is InChI=1S/C25H30N8O.5ClH/c1-17-22(15-28-24-23(17)27-9-13-34-24)33-10-6-18-14-29-25(31-21(18)16-33)30-19-2-4-20(5-3-19)32-11-7-26-8-12-32;;;;;/h2-5,14-15,26-27H,6-13,16H2,1H3,(H,29,30,31);5*1H. The SMILES string of the molecule is Cc1c(N2CCc3cnc(Nc4ccc(N5CCNCC5)cc4)nc3C2)cnc2c1NCCO2.Cl.Cl.Cl.Cl.Cl. The second-order valence-corrected chi connectivity index (χ2v) is 8.97. The molecule has 5 heterocycles. The second-order valence-electron chi connectivity index (χ2n) is 8.97. The first-order valence-corrected chi connectivity index (χ1v) is 12.0. The summed E-state index contributed by atoms with van der Waals surface area (Å²) in [5, 5.41) is 10.2. The molecule has 6 rings (SSSR count). The highest BCUT2D eigenvalue weighted by Gasteiger charge is 2.24. The van der Waals surface area contributed by atoms with Gasteiger partial charge in [-0.2, -0.15) is 0 Å². The summed E-state index contributed by atoms with van der Waals surface area (Å²) in [7, 11) is 0. The average molecular weight is 641 g/mol. The lowest BCUT2D eigenvalue weighted by Gasteiger charge is -2.32. The highest BCUT2D eigenvalue weighted by atomic mass is 35.5. The first kappa shape index (κ1) is 34.9. The van der Waals surface area contributed by atoms with Crippen LogP contribution in [0.4, 0.5) is 28.7 Å². The van der Waals surface area contributed by atoms with Crippen molar-refractivity contribution in [2.45, 2.75) is 19.9 Å². The van der Waals surface area contributed by atoms with Gasteiger partial charge in [-0.1, -0.05) is 0 Å². The first-order chi connectivity index (χ1) is 16.7. The van der Waals surface area contributed by atoms with Crippen LogP contribution in [0.3, 0.4) is 0 Å². The van der Waals surface area contributed by atoms with E-state index >= 15 is 0 Å². The number of pyridine rings is 1. The van der Waals surface area contributed by atoms with Crippen molar-refractivity contribution in [3.05, 3.63) is 53.5 Å². The minimum Gasteiger partial charge on any atom is -0.474 e. The van der Waals surface area contributed by atoms with Gasteiger partial charge in [-0.15, -0.1) is 62.0 Å². The molecule has 1 saturated heterocycles. The quantitative estimate of drug-likeness (QED) is 0.372. The lowest BCUT2D eigenvalue weighted by atomic mass is 10.0. The topological polar surface area (TPSA) is 90.5 Å². The zero-order valence-corrected chi connectivity index (χ0v) is 25.6. The highest BCUT2D eigenvalue weighted by molar-refractivity contribution is 5.86. The number of nitrogens with one attached hydrogen (secondary N) is 3. The number of aromatic nitrogens is 3. The van der Waals surface area contributed by atoms with Crippen LogP contribution in [0.15, 0.2) is 36.7 Å². The molecular weight excluding hydrogens is 606 g/mol. The summed E-state index contributed by atoms with van der Waals surface area (Å²) in [5.41, 5.74) is 7.81. The van der Waals surface area contributed by atoms with Crippen LogP contribution in [-0.4, -0.2) is 60.8 Å². The lowest BCUT2D eigenvalue weighted by Crippen LogP contribution is -2.43. The Hall–Kier alpha value is -2.14. The molecule has 9 nitrogen and oxygen atoms in total. The number of piperazine rings is 1. The van der Waals surface area contributed by atoms with Gasteiger partial charge in [-0.25, -0.2) is 15.0 Å². The Morgan fingerprint density at radius 3 is 2.36 bits per heavy atom. The molecule has 0 unspecified atom stereocenters. The summed E-state index contributed by atoms with van der Waals surface area (Å²) in [5.74, 6) is 1.33. The van der Waals surface area contributed by atoms with E-state index in [4.69, 9.17) is 9.72 Å². The number of benzene rings is 1. The van der Waals surface area contributed by atoms with Crippen LogP contribution in [-0.2, 0) is 13.0 Å². The van der Waals surface area contributed by atoms with Crippen molar-refractivity contribution in [3.8, 4) is 5.88 Å². The minimum absolute atomic E-state index is 0. The molecule has 3 aliphatic heterocycles. The largest absolute Gasteiger partial charge is 0.474 e. The van der Waals surface area contributed by atoms with Crippen molar-refractivity contribution < 1.29 is 4.74 Å². The second kappa shape index (κ2) is 15.6. The third kappa shape index (κ3) is 7.54. The average Bonchev–Trinajstić information content (AvgIpc) is 2.90. The summed E-state index contributed by atoms with van der Waals surface area (Å²) < 4.78 is 5.69. The number of rotatable bonds is 4. The van der Waals surface area contributed by atoms with Crippen LogP contribution in [0, 0.1) is 6.92 Å². The minimum atomic E-state index is 0. The van der Waals surface area contributed by atoms with Crippen molar-refractivity contribution in [2.24, 2.45) is 0 Å². The number of anilines is 5. The number of hydrogen-bond acceptors (Lipinski definition) is 9. The highest BCUT2D eigenvalue weighted by Crippen LogP contribution is 2.36. The summed E-state index contributed by atoms with van der Waals surface area (Å²) in [4.78, 5) is 18.7. The van der Waals surface area contributed by atoms with Gasteiger partial charge in [0.25, 0.3) is 0 Å². The van der Waals surface area contributed by atoms with Gasteiger partial charge in [0, 0.05) is 62.4 Å². The fourth-order valence-corrected chi connectivity index (χ4v) is 4.91. The molecule has 3 aliphatic rings. The Balaban J connectivity index is 0.00000152. The van der Waals surface area contributed by atoms with Crippen molar-refractivity contribution in [2.75, 3.05) is 66.3 Å². The zero-order valence-electron chi connectivity index (χ0n) is 21.5. The maximum Gasteiger partial charge on any atom is 0.237 e. The number of nitrogens with zero attached hydrogens (tertiary/aromatic N) is 5. The van der Waals surface area contributed by atoms with Crippen LogP contribution in [0.2, 0.25) is 0 Å². The fourth-order valence-electron chi connectivity index (χ4n) is 4.91. The van der Waals surface area contributed by atoms with Crippen LogP contribution in [0.1, 0.15) is 16.8 Å². The van der Waals surface area contributed by atoms with E-state index < -0.39 is 0 Å². The van der Waals surface area contributed by atoms with E-state index in [1.807, 2.05) is 12.4 Å². The van der Waals surface area contributed by atoms with Gasteiger partial charge in [0.15, 0.2) is 0 Å². The number of fused-ring (bicyclic) bond motifs is 2. The van der Waals surface area contributed by atoms with E-state index in [0.717, 1.165) is 75.0 Å². The molecule has 0 aliphatic carbocycles. The summed E-state index contributed by atoms with van der Waals surface area (Å²) in [6, 6.07) is 8.53. The van der Waals surface area contributed by atoms with Gasteiger partial charge in [0.05, 0.1) is 24.1 Å². The molecule has 0 spiro atoms. The van der Waals surface area contributed by atoms with E-state index in [2.05, 4.69) is 66.9 Å². The molecule has 14 heteroatoms. The number of hydrogen-bond donors (Lipinski definition) is 3. The van der Waals surface area contributed by atoms with E-state index in [0.29, 0.717) is 18.4 Å². The molecule has 0 saturated carbocycles. The van der Waals surface area contributed by atoms with Crippen LogP contribution >= 0.6 is 62.0 Å². The normalized spacial score (nSPS) is 15.1. The molecular formula is C25H35Cl5N8O. The molecule has 1 fully saturated rings. The fraction of sp³-hybridized carbons (Fsp3) is 0.400. The lowest BCUT2D eigenvalue weighted by molar-refractivity contribution is 0.310. The zero-order chi connectivity index (χ0) is 22.9. The van der Waals surface area contributed by atoms with Gasteiger partial charge in [0.1, 0.15) is 12.3 Å². The van der Waals surface area contributed by atoms with E-state index in [9.17, 15) is 0 Å². The molecule has 39 heavy (non-hydrogen) atoms. The van der Waals surface area contributed by atoms with Gasteiger partial charge in [0.2, 0.25) is 11.8 Å². The van der Waals surface area contributed by atoms with Gasteiger partial charge in [-0.05, 0) is 43.2 Å². The van der Waals surface area contributed by atoms with E-state index in [-0.39, 0.29) is 62.0 Å². The predicted molar refractivity (Wildman–Crippen MR) is 171 cm³/mol. The van der Waals surface area contributed by atoms with Gasteiger partial charge < -0.3 is 30.5 Å². The number of halogens is 5. The van der Waals surface area contributed by atoms with Crippen molar-refractivity contribution in [3.63, 3.8) is 0 Å². The smallest absolute Gasteiger partial charge is 0.237 e. The number of ether oxygens (including phenoxy) is 1. The van der Waals surface area contributed by atoms with Gasteiger partial charge >= 0.3 is 0 Å². The molecule has 0 radical (unpaired) electrons.